The molecule has 2 N–H and O–H groups in total. The maximum Gasteiger partial charge on any atom is 0.0497 e. The number of nitrogens with two attached hydrogens (primary N) is 1. The zero-order chi connectivity index (χ0) is 14.7. The molecule has 2 aromatic rings. The van der Waals surface area contributed by atoms with Gasteiger partial charge in [0.25, 0.3) is 0 Å². The van der Waals surface area contributed by atoms with Crippen molar-refractivity contribution < 1.29 is 0 Å². The molecular weight excluding hydrogens is 332 g/mol. The molecule has 4 heteroatoms. The molecule has 0 aliphatic rings. The molecule has 0 fully saturated rings. The van der Waals surface area contributed by atoms with Crippen LogP contribution in [0.2, 0.25) is 0 Å². The average molecular weight is 353 g/mol. The molecule has 2 unspecified atom stereocenters. The summed E-state index contributed by atoms with van der Waals surface area (Å²) in [4.78, 5) is 3.67. The fraction of sp³-hybridized carbons (Fsp3) is 0.375. The van der Waals surface area contributed by atoms with E-state index in [2.05, 4.69) is 77.4 Å². The van der Waals surface area contributed by atoms with Crippen molar-refractivity contribution in [2.24, 2.45) is 5.73 Å². The second kappa shape index (κ2) is 6.85. The van der Waals surface area contributed by atoms with Crippen LogP contribution < -0.4 is 5.73 Å². The van der Waals surface area contributed by atoms with Crippen LogP contribution in [0.1, 0.15) is 29.0 Å². The highest BCUT2D eigenvalue weighted by atomic mass is 79.9. The second-order valence-electron chi connectivity index (χ2n) is 5.36. The topological polar surface area (TPSA) is 29.3 Å². The van der Waals surface area contributed by atoms with Gasteiger partial charge < -0.3 is 5.73 Å². The Balaban J connectivity index is 2.17. The SMILES string of the molecule is Cc1ccc(C(C(C)N)N(C)Cc2cc(Br)cs2)cc1. The quantitative estimate of drug-likeness (QED) is 0.866. The molecule has 0 aliphatic carbocycles. The van der Waals surface area contributed by atoms with Gasteiger partial charge in [0, 0.05) is 33.4 Å². The van der Waals surface area contributed by atoms with Crippen molar-refractivity contribution in [2.75, 3.05) is 7.05 Å². The van der Waals surface area contributed by atoms with Gasteiger partial charge in [-0.15, -0.1) is 11.3 Å². The van der Waals surface area contributed by atoms with E-state index in [0.29, 0.717) is 0 Å². The predicted octanol–water partition coefficient (Wildman–Crippen LogP) is 4.34. The number of rotatable bonds is 5. The number of thiophene rings is 1. The molecule has 108 valence electrons. The van der Waals surface area contributed by atoms with Crippen LogP contribution in [-0.4, -0.2) is 18.0 Å². The van der Waals surface area contributed by atoms with Crippen LogP contribution in [0.25, 0.3) is 0 Å². The summed E-state index contributed by atoms with van der Waals surface area (Å²) in [5, 5.41) is 2.12. The lowest BCUT2D eigenvalue weighted by atomic mass is 9.98. The van der Waals surface area contributed by atoms with Crippen LogP contribution in [0.15, 0.2) is 40.2 Å². The van der Waals surface area contributed by atoms with Gasteiger partial charge in [0.15, 0.2) is 0 Å². The van der Waals surface area contributed by atoms with Gasteiger partial charge in [-0.3, -0.25) is 4.90 Å². The normalized spacial score (nSPS) is 14.5. The Labute approximate surface area is 133 Å². The van der Waals surface area contributed by atoms with Crippen LogP contribution in [0.4, 0.5) is 0 Å². The Morgan fingerprint density at radius 1 is 1.30 bits per heavy atom. The van der Waals surface area contributed by atoms with Crippen molar-refractivity contribution in [3.63, 3.8) is 0 Å². The standard InChI is InChI=1S/C16H21BrN2S/c1-11-4-6-13(7-5-11)16(12(2)18)19(3)9-15-8-14(17)10-20-15/h4-8,10,12,16H,9,18H2,1-3H3. The van der Waals surface area contributed by atoms with Crippen LogP contribution in [0.3, 0.4) is 0 Å². The third-order valence-electron chi connectivity index (χ3n) is 3.42. The molecule has 0 saturated heterocycles. The van der Waals surface area contributed by atoms with Crippen molar-refractivity contribution in [1.29, 1.82) is 0 Å². The van der Waals surface area contributed by atoms with E-state index in [4.69, 9.17) is 5.73 Å². The summed E-state index contributed by atoms with van der Waals surface area (Å²) >= 11 is 5.28. The molecule has 2 nitrogen and oxygen atoms in total. The van der Waals surface area contributed by atoms with E-state index < -0.39 is 0 Å². The number of nitrogens with zero attached hydrogens (tertiary/aromatic N) is 1. The Morgan fingerprint density at radius 3 is 2.45 bits per heavy atom. The van der Waals surface area contributed by atoms with Crippen molar-refractivity contribution in [2.45, 2.75) is 32.5 Å². The minimum Gasteiger partial charge on any atom is -0.326 e. The molecule has 0 radical (unpaired) electrons. The summed E-state index contributed by atoms with van der Waals surface area (Å²) in [5.41, 5.74) is 8.78. The third kappa shape index (κ3) is 3.92. The van der Waals surface area contributed by atoms with E-state index in [1.165, 1.54) is 16.0 Å². The lowest BCUT2D eigenvalue weighted by molar-refractivity contribution is 0.212. The largest absolute Gasteiger partial charge is 0.326 e. The summed E-state index contributed by atoms with van der Waals surface area (Å²) in [6.45, 7) is 5.10. The van der Waals surface area contributed by atoms with E-state index in [-0.39, 0.29) is 12.1 Å². The highest BCUT2D eigenvalue weighted by molar-refractivity contribution is 9.10. The molecule has 0 amide bonds. The Bertz CT molecular complexity index is 548. The maximum absolute atomic E-state index is 6.22. The monoisotopic (exact) mass is 352 g/mol. The summed E-state index contributed by atoms with van der Waals surface area (Å²) in [7, 11) is 2.14. The highest BCUT2D eigenvalue weighted by Crippen LogP contribution is 2.27. The smallest absolute Gasteiger partial charge is 0.0497 e. The zero-order valence-corrected chi connectivity index (χ0v) is 14.5. The summed E-state index contributed by atoms with van der Waals surface area (Å²) in [6.07, 6.45) is 0. The van der Waals surface area contributed by atoms with E-state index in [1.54, 1.807) is 11.3 Å². The number of aryl methyl sites for hydroxylation is 1. The number of hydrogen-bond donors (Lipinski definition) is 1. The molecule has 0 saturated carbocycles. The fourth-order valence-electron chi connectivity index (χ4n) is 2.50. The Hall–Kier alpha value is -0.680. The molecule has 1 aromatic carbocycles. The van der Waals surface area contributed by atoms with Gasteiger partial charge in [-0.1, -0.05) is 29.8 Å². The number of likely N-dealkylation sites (N-methyl/N-ethyl adjacent to an activating group) is 1. The molecule has 2 rings (SSSR count). The average Bonchev–Trinajstić information content (AvgIpc) is 2.77. The van der Waals surface area contributed by atoms with E-state index in [9.17, 15) is 0 Å². The molecule has 2 atom stereocenters. The Kier molecular flexibility index (Phi) is 5.38. The number of halogens is 1. The van der Waals surface area contributed by atoms with E-state index in [1.807, 2.05) is 0 Å². The summed E-state index contributed by atoms with van der Waals surface area (Å²) in [6, 6.07) is 11.2. The first kappa shape index (κ1) is 15.7. The molecule has 20 heavy (non-hydrogen) atoms. The minimum atomic E-state index is 0.0890. The van der Waals surface area contributed by atoms with Gasteiger partial charge in [-0.25, -0.2) is 0 Å². The first-order valence-electron chi connectivity index (χ1n) is 6.72. The molecule has 1 heterocycles. The molecule has 1 aromatic heterocycles. The van der Waals surface area contributed by atoms with Crippen molar-refractivity contribution in [3.05, 3.63) is 56.2 Å². The fourth-order valence-corrected chi connectivity index (χ4v) is 4.02. The first-order valence-corrected chi connectivity index (χ1v) is 8.40. The van der Waals surface area contributed by atoms with Crippen molar-refractivity contribution in [3.8, 4) is 0 Å². The molecule has 0 spiro atoms. The van der Waals surface area contributed by atoms with Gasteiger partial charge in [0.2, 0.25) is 0 Å². The number of hydrogen-bond acceptors (Lipinski definition) is 3. The van der Waals surface area contributed by atoms with Gasteiger partial charge in [0.1, 0.15) is 0 Å². The maximum atomic E-state index is 6.22. The van der Waals surface area contributed by atoms with Crippen LogP contribution in [0, 0.1) is 6.92 Å². The summed E-state index contributed by atoms with van der Waals surface area (Å²) < 4.78 is 1.15. The van der Waals surface area contributed by atoms with Crippen molar-refractivity contribution >= 4 is 27.3 Å². The van der Waals surface area contributed by atoms with Crippen LogP contribution >= 0.6 is 27.3 Å². The lowest BCUT2D eigenvalue weighted by Crippen LogP contribution is -2.36. The highest BCUT2D eigenvalue weighted by Gasteiger charge is 2.21. The van der Waals surface area contributed by atoms with Gasteiger partial charge in [0.05, 0.1) is 0 Å². The van der Waals surface area contributed by atoms with Crippen LogP contribution in [-0.2, 0) is 6.54 Å². The molecular formula is C16H21BrN2S. The van der Waals surface area contributed by atoms with Gasteiger partial charge in [-0.2, -0.15) is 0 Å². The third-order valence-corrected chi connectivity index (χ3v) is 5.10. The predicted molar refractivity (Wildman–Crippen MR) is 91.1 cm³/mol. The lowest BCUT2D eigenvalue weighted by Gasteiger charge is -2.31. The second-order valence-corrected chi connectivity index (χ2v) is 7.27. The molecule has 0 aliphatic heterocycles. The van der Waals surface area contributed by atoms with Crippen LogP contribution in [0.5, 0.6) is 0 Å². The summed E-state index contributed by atoms with van der Waals surface area (Å²) in [5.74, 6) is 0. The van der Waals surface area contributed by atoms with E-state index >= 15 is 0 Å². The van der Waals surface area contributed by atoms with Gasteiger partial charge >= 0.3 is 0 Å². The molecule has 0 bridgehead atoms. The first-order chi connectivity index (χ1) is 9.47. The van der Waals surface area contributed by atoms with Crippen molar-refractivity contribution in [1.82, 2.24) is 4.90 Å². The minimum absolute atomic E-state index is 0.0890. The van der Waals surface area contributed by atoms with Gasteiger partial charge in [-0.05, 0) is 48.5 Å². The Morgan fingerprint density at radius 2 is 1.95 bits per heavy atom. The van der Waals surface area contributed by atoms with E-state index in [0.717, 1.165) is 11.0 Å². The zero-order valence-electron chi connectivity index (χ0n) is 12.1. The number of benzene rings is 1.